The Morgan fingerprint density at radius 2 is 1.33 bits per heavy atom. The van der Waals surface area contributed by atoms with Crippen LogP contribution < -0.4 is 4.98 Å². The molecule has 1 aromatic heterocycles. The quantitative estimate of drug-likeness (QED) is 0.683. The first kappa shape index (κ1) is 10.6. The summed E-state index contributed by atoms with van der Waals surface area (Å²) in [7, 11) is 0. The maximum Gasteiger partial charge on any atom is 0.356 e. The molecule has 86 valence electrons. The van der Waals surface area contributed by atoms with E-state index in [2.05, 4.69) is 15.2 Å². The van der Waals surface area contributed by atoms with Crippen LogP contribution in [0.1, 0.15) is 0 Å². The minimum atomic E-state index is 0.775. The standard InChI is InChI=1S/C15H11N3/c1-3-7-12(8-4-1)14-11-16-18-15(17-14)13-9-5-2-6-10-13/h1-11H/p+1. The Morgan fingerprint density at radius 3 is 2.00 bits per heavy atom. The molecule has 2 aromatic carbocycles. The van der Waals surface area contributed by atoms with Crippen molar-refractivity contribution in [2.45, 2.75) is 0 Å². The van der Waals surface area contributed by atoms with Crippen LogP contribution in [0.2, 0.25) is 0 Å². The van der Waals surface area contributed by atoms with E-state index < -0.39 is 0 Å². The van der Waals surface area contributed by atoms with Crippen LogP contribution >= 0.6 is 0 Å². The first-order chi connectivity index (χ1) is 8.93. The zero-order valence-electron chi connectivity index (χ0n) is 9.75. The van der Waals surface area contributed by atoms with Crippen LogP contribution in [0.5, 0.6) is 0 Å². The first-order valence-electron chi connectivity index (χ1n) is 5.79. The molecule has 3 aromatic rings. The van der Waals surface area contributed by atoms with Crippen LogP contribution in [0.15, 0.2) is 66.9 Å². The van der Waals surface area contributed by atoms with Gasteiger partial charge in [0, 0.05) is 5.56 Å². The van der Waals surface area contributed by atoms with Crippen molar-refractivity contribution < 1.29 is 4.98 Å². The second-order valence-corrected chi connectivity index (χ2v) is 3.96. The zero-order valence-corrected chi connectivity index (χ0v) is 9.75. The summed E-state index contributed by atoms with van der Waals surface area (Å²) >= 11 is 0. The van der Waals surface area contributed by atoms with Crippen LogP contribution in [0.3, 0.4) is 0 Å². The molecule has 0 atom stereocenters. The number of nitrogens with one attached hydrogen (secondary N) is 1. The van der Waals surface area contributed by atoms with Crippen LogP contribution in [0.4, 0.5) is 0 Å². The molecule has 0 radical (unpaired) electrons. The van der Waals surface area contributed by atoms with E-state index in [1.165, 1.54) is 0 Å². The normalized spacial score (nSPS) is 10.2. The molecular weight excluding hydrogens is 222 g/mol. The van der Waals surface area contributed by atoms with Gasteiger partial charge in [0.15, 0.2) is 5.69 Å². The van der Waals surface area contributed by atoms with Gasteiger partial charge in [-0.25, -0.2) is 4.98 Å². The SMILES string of the molecule is c1ccc(-c2cnnc(-c3ccccc3)[nH+]2)cc1. The van der Waals surface area contributed by atoms with Crippen LogP contribution in [0, 0.1) is 0 Å². The molecule has 0 unspecified atom stereocenters. The van der Waals surface area contributed by atoms with Crippen molar-refractivity contribution in [1.82, 2.24) is 10.2 Å². The van der Waals surface area contributed by atoms with Gasteiger partial charge in [-0.05, 0) is 17.2 Å². The number of hydrogen-bond donors (Lipinski definition) is 0. The molecule has 0 aliphatic carbocycles. The number of aromatic nitrogens is 3. The monoisotopic (exact) mass is 234 g/mol. The molecule has 0 amide bonds. The highest BCUT2D eigenvalue weighted by Crippen LogP contribution is 2.15. The third-order valence-electron chi connectivity index (χ3n) is 2.73. The highest BCUT2D eigenvalue weighted by Gasteiger charge is 2.11. The van der Waals surface area contributed by atoms with Gasteiger partial charge in [-0.2, -0.15) is 0 Å². The molecule has 1 N–H and O–H groups in total. The molecular formula is C15H12N3+. The van der Waals surface area contributed by atoms with E-state index in [0.717, 1.165) is 22.6 Å². The van der Waals surface area contributed by atoms with Gasteiger partial charge in [-0.15, -0.1) is 0 Å². The summed E-state index contributed by atoms with van der Waals surface area (Å²) in [6.45, 7) is 0. The van der Waals surface area contributed by atoms with Gasteiger partial charge < -0.3 is 0 Å². The van der Waals surface area contributed by atoms with Crippen molar-refractivity contribution in [1.29, 1.82) is 0 Å². The highest BCUT2D eigenvalue weighted by molar-refractivity contribution is 5.56. The van der Waals surface area contributed by atoms with Crippen molar-refractivity contribution in [3.05, 3.63) is 66.9 Å². The Balaban J connectivity index is 2.05. The molecule has 1 heterocycles. The molecule has 0 saturated carbocycles. The topological polar surface area (TPSA) is 39.9 Å². The second-order valence-electron chi connectivity index (χ2n) is 3.96. The minimum absolute atomic E-state index is 0.775. The number of nitrogens with zero attached hydrogens (tertiary/aromatic N) is 2. The predicted octanol–water partition coefficient (Wildman–Crippen LogP) is 2.62. The summed E-state index contributed by atoms with van der Waals surface area (Å²) in [5.41, 5.74) is 3.09. The predicted molar refractivity (Wildman–Crippen MR) is 69.5 cm³/mol. The lowest BCUT2D eigenvalue weighted by molar-refractivity contribution is -0.356. The van der Waals surface area contributed by atoms with E-state index in [4.69, 9.17) is 0 Å². The number of aromatic amines is 1. The Morgan fingerprint density at radius 1 is 0.722 bits per heavy atom. The molecule has 0 aliphatic rings. The smallest absolute Gasteiger partial charge is 0.233 e. The van der Waals surface area contributed by atoms with E-state index in [0.29, 0.717) is 0 Å². The second kappa shape index (κ2) is 4.75. The number of rotatable bonds is 2. The number of hydrogen-bond acceptors (Lipinski definition) is 2. The van der Waals surface area contributed by atoms with Crippen LogP contribution in [-0.2, 0) is 0 Å². The lowest BCUT2D eigenvalue weighted by atomic mass is 10.1. The van der Waals surface area contributed by atoms with E-state index in [1.54, 1.807) is 6.20 Å². The Labute approximate surface area is 105 Å². The fraction of sp³-hybridized carbons (Fsp3) is 0. The lowest BCUT2D eigenvalue weighted by Gasteiger charge is -1.97. The molecule has 18 heavy (non-hydrogen) atoms. The summed E-state index contributed by atoms with van der Waals surface area (Å²) in [6.07, 6.45) is 1.74. The molecule has 0 spiro atoms. The largest absolute Gasteiger partial charge is 0.356 e. The van der Waals surface area contributed by atoms with Crippen molar-refractivity contribution in [2.75, 3.05) is 0 Å². The maximum absolute atomic E-state index is 4.13. The first-order valence-corrected chi connectivity index (χ1v) is 5.79. The van der Waals surface area contributed by atoms with Crippen LogP contribution in [-0.4, -0.2) is 10.2 Å². The number of H-pyrrole nitrogens is 1. The molecule has 3 rings (SSSR count). The van der Waals surface area contributed by atoms with Gasteiger partial charge in [0.05, 0.1) is 10.7 Å². The van der Waals surface area contributed by atoms with E-state index in [1.807, 2.05) is 60.7 Å². The molecule has 0 aliphatic heterocycles. The van der Waals surface area contributed by atoms with Gasteiger partial charge in [0.25, 0.3) is 0 Å². The summed E-state index contributed by atoms with van der Waals surface area (Å²) in [5.74, 6) is 0.775. The summed E-state index contributed by atoms with van der Waals surface area (Å²) in [5, 5.41) is 8.19. The van der Waals surface area contributed by atoms with Crippen molar-refractivity contribution in [3.63, 3.8) is 0 Å². The number of benzene rings is 2. The maximum atomic E-state index is 4.13. The van der Waals surface area contributed by atoms with Crippen molar-refractivity contribution in [3.8, 4) is 22.6 Å². The lowest BCUT2D eigenvalue weighted by Crippen LogP contribution is -2.14. The molecule has 3 nitrogen and oxygen atoms in total. The Kier molecular flexibility index (Phi) is 2.80. The Bertz CT molecular complexity index is 581. The highest BCUT2D eigenvalue weighted by atomic mass is 15.1. The van der Waals surface area contributed by atoms with E-state index >= 15 is 0 Å². The van der Waals surface area contributed by atoms with E-state index in [-0.39, 0.29) is 0 Å². The van der Waals surface area contributed by atoms with Gasteiger partial charge in [0.2, 0.25) is 0 Å². The third kappa shape index (κ3) is 2.11. The summed E-state index contributed by atoms with van der Waals surface area (Å²) < 4.78 is 0. The molecule has 0 fully saturated rings. The third-order valence-corrected chi connectivity index (χ3v) is 2.73. The molecule has 0 bridgehead atoms. The molecule has 3 heteroatoms. The van der Waals surface area contributed by atoms with Crippen molar-refractivity contribution >= 4 is 0 Å². The minimum Gasteiger partial charge on any atom is -0.233 e. The summed E-state index contributed by atoms with van der Waals surface area (Å²) in [6, 6.07) is 20.1. The average Bonchev–Trinajstić information content (AvgIpc) is 2.49. The Hall–Kier alpha value is -2.55. The van der Waals surface area contributed by atoms with E-state index in [9.17, 15) is 0 Å². The summed E-state index contributed by atoms with van der Waals surface area (Å²) in [4.78, 5) is 3.30. The van der Waals surface area contributed by atoms with Gasteiger partial charge in [0.1, 0.15) is 6.20 Å². The van der Waals surface area contributed by atoms with Gasteiger partial charge in [-0.3, -0.25) is 0 Å². The van der Waals surface area contributed by atoms with Crippen molar-refractivity contribution in [2.24, 2.45) is 0 Å². The fourth-order valence-electron chi connectivity index (χ4n) is 1.82. The van der Waals surface area contributed by atoms with Gasteiger partial charge in [-0.1, -0.05) is 48.5 Å². The average molecular weight is 234 g/mol. The zero-order chi connectivity index (χ0) is 12.2. The van der Waals surface area contributed by atoms with Crippen LogP contribution in [0.25, 0.3) is 22.6 Å². The molecule has 0 saturated heterocycles. The fourth-order valence-corrected chi connectivity index (χ4v) is 1.82. The van der Waals surface area contributed by atoms with Gasteiger partial charge >= 0.3 is 5.82 Å².